The van der Waals surface area contributed by atoms with Crippen molar-refractivity contribution in [1.82, 2.24) is 9.97 Å². The van der Waals surface area contributed by atoms with Crippen molar-refractivity contribution in [3.63, 3.8) is 0 Å². The van der Waals surface area contributed by atoms with E-state index in [1.165, 1.54) is 0 Å². The maximum absolute atomic E-state index is 4.71. The van der Waals surface area contributed by atoms with Gasteiger partial charge in [0.25, 0.3) is 0 Å². The van der Waals surface area contributed by atoms with Gasteiger partial charge in [0, 0.05) is 131 Å². The minimum atomic E-state index is 0.949. The largest absolute Gasteiger partial charge is 0.311 e. The molecule has 9 heteroatoms. The van der Waals surface area contributed by atoms with Gasteiger partial charge in [-0.2, -0.15) is 0 Å². The molecule has 0 amide bonds. The number of pyridine rings is 2. The van der Waals surface area contributed by atoms with Crippen molar-refractivity contribution in [2.24, 2.45) is 0 Å². The van der Waals surface area contributed by atoms with Crippen molar-refractivity contribution >= 4 is 141 Å². The van der Waals surface area contributed by atoms with E-state index in [1.54, 1.807) is 0 Å². The van der Waals surface area contributed by atoms with Crippen molar-refractivity contribution in [1.29, 1.82) is 0 Å². The van der Waals surface area contributed by atoms with Crippen LogP contribution in [-0.4, -0.2) is 9.97 Å². The van der Waals surface area contributed by atoms with Crippen LogP contribution in [0.2, 0.25) is 0 Å². The van der Waals surface area contributed by atoms with Gasteiger partial charge in [-0.25, -0.2) is 0 Å². The van der Waals surface area contributed by atoms with Crippen molar-refractivity contribution in [3.8, 4) is 0 Å². The number of hydrogen-bond acceptors (Lipinski definition) is 9. The molecule has 0 saturated carbocycles. The van der Waals surface area contributed by atoms with Crippen LogP contribution in [0, 0.1) is 0 Å². The van der Waals surface area contributed by atoms with Crippen LogP contribution in [-0.2, 0) is 0 Å². The molecular weight excluding hydrogens is 1280 g/mol. The van der Waals surface area contributed by atoms with Crippen molar-refractivity contribution in [2.75, 3.05) is 34.3 Å². The van der Waals surface area contributed by atoms with Crippen LogP contribution in [0.15, 0.2) is 431 Å². The molecule has 17 rings (SSSR count). The van der Waals surface area contributed by atoms with E-state index in [1.807, 2.05) is 24.5 Å². The SMILES string of the molecule is c1ccc(N(c2ccc(N(c3ccccc3)c3ccc(N(c4ccccc4)c4ccc(N(c5ccccc5)c5cccc6ncccc56)cc4)cc3)cc2)c2ccc(N(c3ccccc3)c3ccc(N(c4ccccc4)c4ccc(N(c5ccccc5)c5cccc6ncccc56)cc4)cc3)cc2)cc1. The number of hydrogen-bond donors (Lipinski definition) is 0. The molecule has 0 aliphatic rings. The van der Waals surface area contributed by atoms with E-state index in [0.717, 1.165) is 141 Å². The fourth-order valence-corrected chi connectivity index (χ4v) is 14.2. The highest BCUT2D eigenvalue weighted by molar-refractivity contribution is 5.99. The first kappa shape index (κ1) is 64.1. The van der Waals surface area contributed by atoms with E-state index in [-0.39, 0.29) is 0 Å². The smallest absolute Gasteiger partial charge is 0.0723 e. The Balaban J connectivity index is 0.662. The third-order valence-corrected chi connectivity index (χ3v) is 19.0. The number of para-hydroxylation sites is 7. The number of rotatable bonds is 21. The van der Waals surface area contributed by atoms with Gasteiger partial charge in [0.1, 0.15) is 0 Å². The van der Waals surface area contributed by atoms with Gasteiger partial charge in [-0.05, 0) is 279 Å². The molecule has 0 atom stereocenters. The number of benzene rings is 15. The molecule has 0 aliphatic carbocycles. The molecule has 2 heterocycles. The zero-order valence-corrected chi connectivity index (χ0v) is 57.5. The highest BCUT2D eigenvalue weighted by Crippen LogP contribution is 2.47. The summed E-state index contributed by atoms with van der Waals surface area (Å²) in [6.45, 7) is 0. The molecule has 0 aliphatic heterocycles. The number of aromatic nitrogens is 2. The van der Waals surface area contributed by atoms with E-state index in [2.05, 4.69) is 441 Å². The predicted octanol–water partition coefficient (Wildman–Crippen LogP) is 27.1. The van der Waals surface area contributed by atoms with E-state index < -0.39 is 0 Å². The molecule has 0 spiro atoms. The first-order chi connectivity index (χ1) is 52.1. The van der Waals surface area contributed by atoms with E-state index in [4.69, 9.17) is 9.97 Å². The monoisotopic (exact) mass is 1350 g/mol. The van der Waals surface area contributed by atoms with Crippen molar-refractivity contribution in [3.05, 3.63) is 431 Å². The minimum absolute atomic E-state index is 0.949. The highest BCUT2D eigenvalue weighted by Gasteiger charge is 2.24. The van der Waals surface area contributed by atoms with E-state index >= 15 is 0 Å². The highest BCUT2D eigenvalue weighted by atomic mass is 15.2. The molecule has 0 saturated heterocycles. The van der Waals surface area contributed by atoms with Gasteiger partial charge in [-0.1, -0.05) is 140 Å². The average molecular weight is 1350 g/mol. The second-order valence-electron chi connectivity index (χ2n) is 25.5. The lowest BCUT2D eigenvalue weighted by molar-refractivity contribution is 1.23. The van der Waals surface area contributed by atoms with Gasteiger partial charge in [-0.15, -0.1) is 0 Å². The second kappa shape index (κ2) is 29.5. The van der Waals surface area contributed by atoms with Crippen LogP contribution in [0.3, 0.4) is 0 Å². The van der Waals surface area contributed by atoms with Gasteiger partial charge in [0.15, 0.2) is 0 Å². The van der Waals surface area contributed by atoms with Crippen molar-refractivity contribution in [2.45, 2.75) is 0 Å². The van der Waals surface area contributed by atoms with Gasteiger partial charge < -0.3 is 34.3 Å². The molecule has 0 unspecified atom stereocenters. The summed E-state index contributed by atoms with van der Waals surface area (Å²) in [6.07, 6.45) is 3.70. The Kier molecular flexibility index (Phi) is 18.0. The zero-order chi connectivity index (χ0) is 70.1. The second-order valence-corrected chi connectivity index (χ2v) is 25.5. The number of anilines is 21. The molecule has 0 bridgehead atoms. The van der Waals surface area contributed by atoms with Crippen LogP contribution in [0.25, 0.3) is 21.8 Å². The number of fused-ring (bicyclic) bond motifs is 2. The first-order valence-electron chi connectivity index (χ1n) is 35.4. The van der Waals surface area contributed by atoms with Crippen LogP contribution in [0.4, 0.5) is 119 Å². The fourth-order valence-electron chi connectivity index (χ4n) is 14.2. The Morgan fingerprint density at radius 2 is 0.286 bits per heavy atom. The van der Waals surface area contributed by atoms with Crippen LogP contribution < -0.4 is 34.3 Å². The molecular formula is C96H71N9. The van der Waals surface area contributed by atoms with Crippen LogP contribution in [0.1, 0.15) is 0 Å². The fraction of sp³-hybridized carbons (Fsp3) is 0. The van der Waals surface area contributed by atoms with Gasteiger partial charge in [-0.3, -0.25) is 9.97 Å². The lowest BCUT2D eigenvalue weighted by Gasteiger charge is -2.30. The minimum Gasteiger partial charge on any atom is -0.311 e. The quantitative estimate of drug-likeness (QED) is 0.0700. The summed E-state index contributed by atoms with van der Waals surface area (Å²) in [7, 11) is 0. The normalized spacial score (nSPS) is 11.0. The Hall–Kier alpha value is -14.3. The molecule has 15 aromatic carbocycles. The Morgan fingerprint density at radius 1 is 0.124 bits per heavy atom. The zero-order valence-electron chi connectivity index (χ0n) is 57.5. The molecule has 500 valence electrons. The Bertz CT molecular complexity index is 5340. The summed E-state index contributed by atoms with van der Waals surface area (Å²) in [5, 5.41) is 2.16. The summed E-state index contributed by atoms with van der Waals surface area (Å²) in [6, 6.07) is 148. The third kappa shape index (κ3) is 13.3. The topological polar surface area (TPSA) is 48.5 Å². The third-order valence-electron chi connectivity index (χ3n) is 19.0. The maximum atomic E-state index is 4.71. The molecule has 105 heavy (non-hydrogen) atoms. The molecule has 17 aromatic rings. The molecule has 0 radical (unpaired) electrons. The Morgan fingerprint density at radius 3 is 0.476 bits per heavy atom. The van der Waals surface area contributed by atoms with Crippen molar-refractivity contribution < 1.29 is 0 Å². The summed E-state index contributed by atoms with van der Waals surface area (Å²) in [5.41, 5.74) is 23.8. The van der Waals surface area contributed by atoms with Crippen LogP contribution >= 0.6 is 0 Å². The van der Waals surface area contributed by atoms with E-state index in [9.17, 15) is 0 Å². The summed E-state index contributed by atoms with van der Waals surface area (Å²) >= 11 is 0. The summed E-state index contributed by atoms with van der Waals surface area (Å²) in [4.78, 5) is 25.6. The van der Waals surface area contributed by atoms with E-state index in [0.29, 0.717) is 0 Å². The van der Waals surface area contributed by atoms with Crippen LogP contribution in [0.5, 0.6) is 0 Å². The molecule has 2 aromatic heterocycles. The summed E-state index contributed by atoms with van der Waals surface area (Å²) in [5.74, 6) is 0. The van der Waals surface area contributed by atoms with Gasteiger partial charge in [0.2, 0.25) is 0 Å². The maximum Gasteiger partial charge on any atom is 0.0723 e. The predicted molar refractivity (Wildman–Crippen MR) is 440 cm³/mol. The summed E-state index contributed by atoms with van der Waals surface area (Å²) < 4.78 is 0. The molecule has 0 N–H and O–H groups in total. The van der Waals surface area contributed by atoms with Gasteiger partial charge in [0.05, 0.1) is 22.4 Å². The average Bonchev–Trinajstić information content (AvgIpc) is 0.785. The first-order valence-corrected chi connectivity index (χ1v) is 35.4. The number of nitrogens with zero attached hydrogens (tertiary/aromatic N) is 9. The lowest BCUT2D eigenvalue weighted by Crippen LogP contribution is -2.14. The van der Waals surface area contributed by atoms with Gasteiger partial charge >= 0.3 is 0 Å². The standard InChI is InChI=1S/C96H71N9/c1-8-26-72(27-9-1)99(79-46-50-81(51-47-79)100(73-28-10-2-11-29-73)83-54-58-85(59-55-83)102(75-32-14-4-15-33-75)87-62-66-89(67-63-87)104(77-36-18-6-19-37-77)95-44-22-42-93-91(95)40-24-70-97-93)80-48-52-82(53-49-80)101(74-30-12-3-13-31-74)84-56-60-86(61-57-84)103(76-34-16-5-17-35-76)88-64-68-90(69-65-88)105(78-38-20-7-21-39-78)96-45-23-43-94-92(96)41-25-71-98-94/h1-71H. The molecule has 0 fully saturated rings. The lowest BCUT2D eigenvalue weighted by atomic mass is 10.1. The molecule has 9 nitrogen and oxygen atoms in total. The Labute approximate surface area is 612 Å².